The maximum Gasteiger partial charge on any atom is 0.407 e. The standard InChI is InChI=1S/C26H29FN6O4/c1-26(2,3)21-15-32(8-9-33(21)25(34)35)17-5-7-22(28-13-17)30-24-29-14-18(27)23(31-24)16-4-6-19-20(12-16)37-11-10-36-19/h4-7,12-14,21H,8-11,15H2,1-3H3,(H,34,35)(H,28,29,30,31). The van der Waals surface area contributed by atoms with Crippen molar-refractivity contribution in [2.24, 2.45) is 5.41 Å². The first-order valence-corrected chi connectivity index (χ1v) is 12.1. The zero-order valence-corrected chi connectivity index (χ0v) is 20.9. The Labute approximate surface area is 214 Å². The summed E-state index contributed by atoms with van der Waals surface area (Å²) in [4.78, 5) is 28.3. The smallest absolute Gasteiger partial charge is 0.407 e. The number of benzene rings is 1. The summed E-state index contributed by atoms with van der Waals surface area (Å²) in [6.07, 6.45) is 1.95. The molecule has 1 amide bonds. The van der Waals surface area contributed by atoms with Crippen LogP contribution in [0.2, 0.25) is 0 Å². The number of hydrogen-bond acceptors (Lipinski definition) is 8. The first kappa shape index (κ1) is 24.5. The Hall–Kier alpha value is -4.15. The lowest BCUT2D eigenvalue weighted by Gasteiger charge is -2.46. The second-order valence-electron chi connectivity index (χ2n) is 10.1. The summed E-state index contributed by atoms with van der Waals surface area (Å²) in [5.41, 5.74) is 1.36. The molecule has 11 heteroatoms. The summed E-state index contributed by atoms with van der Waals surface area (Å²) < 4.78 is 25.7. The van der Waals surface area contributed by atoms with E-state index in [1.54, 1.807) is 30.5 Å². The third kappa shape index (κ3) is 5.20. The van der Waals surface area contributed by atoms with Gasteiger partial charge in [0.05, 0.1) is 24.1 Å². The molecular weight excluding hydrogens is 479 g/mol. The van der Waals surface area contributed by atoms with E-state index in [1.165, 1.54) is 4.90 Å². The van der Waals surface area contributed by atoms with E-state index in [-0.39, 0.29) is 23.1 Å². The third-order valence-corrected chi connectivity index (χ3v) is 6.54. The Bertz CT molecular complexity index is 1300. The van der Waals surface area contributed by atoms with Gasteiger partial charge in [-0.05, 0) is 35.7 Å². The summed E-state index contributed by atoms with van der Waals surface area (Å²) >= 11 is 0. The average molecular weight is 509 g/mol. The molecule has 0 bridgehead atoms. The number of carbonyl (C=O) groups is 1. The fraction of sp³-hybridized carbons (Fsp3) is 0.385. The fourth-order valence-electron chi connectivity index (χ4n) is 4.57. The molecule has 1 unspecified atom stereocenters. The van der Waals surface area contributed by atoms with Crippen molar-refractivity contribution in [3.63, 3.8) is 0 Å². The van der Waals surface area contributed by atoms with Gasteiger partial charge in [-0.2, -0.15) is 0 Å². The van der Waals surface area contributed by atoms with E-state index in [9.17, 15) is 14.3 Å². The number of nitrogens with zero attached hydrogens (tertiary/aromatic N) is 5. The van der Waals surface area contributed by atoms with Crippen molar-refractivity contribution in [3.8, 4) is 22.8 Å². The predicted molar refractivity (Wildman–Crippen MR) is 136 cm³/mol. The van der Waals surface area contributed by atoms with Crippen molar-refractivity contribution in [1.82, 2.24) is 19.9 Å². The lowest BCUT2D eigenvalue weighted by molar-refractivity contribution is 0.0748. The number of piperazine rings is 1. The van der Waals surface area contributed by atoms with Crippen molar-refractivity contribution in [1.29, 1.82) is 0 Å². The van der Waals surface area contributed by atoms with Gasteiger partial charge in [0.25, 0.3) is 0 Å². The Kier molecular flexibility index (Phi) is 6.45. The number of halogens is 1. The van der Waals surface area contributed by atoms with E-state index in [2.05, 4.69) is 25.2 Å². The van der Waals surface area contributed by atoms with Crippen molar-refractivity contribution in [2.75, 3.05) is 43.1 Å². The number of fused-ring (bicyclic) bond motifs is 1. The van der Waals surface area contributed by atoms with E-state index in [4.69, 9.17) is 9.47 Å². The Morgan fingerprint density at radius 1 is 1.08 bits per heavy atom. The molecule has 1 aromatic carbocycles. The van der Waals surface area contributed by atoms with Gasteiger partial charge in [0.2, 0.25) is 5.95 Å². The number of rotatable bonds is 4. The van der Waals surface area contributed by atoms with Gasteiger partial charge < -0.3 is 29.7 Å². The zero-order chi connectivity index (χ0) is 26.2. The van der Waals surface area contributed by atoms with Gasteiger partial charge in [-0.25, -0.2) is 24.1 Å². The number of hydrogen-bond donors (Lipinski definition) is 2. The van der Waals surface area contributed by atoms with Crippen LogP contribution in [0.1, 0.15) is 20.8 Å². The molecule has 37 heavy (non-hydrogen) atoms. The van der Waals surface area contributed by atoms with Crippen LogP contribution in [0, 0.1) is 11.2 Å². The summed E-state index contributed by atoms with van der Waals surface area (Å²) in [6, 6.07) is 8.72. The number of ether oxygens (including phenoxy) is 2. The first-order valence-electron chi connectivity index (χ1n) is 12.1. The van der Waals surface area contributed by atoms with E-state index >= 15 is 0 Å². The van der Waals surface area contributed by atoms with Crippen molar-refractivity contribution >= 4 is 23.5 Å². The van der Waals surface area contributed by atoms with Gasteiger partial charge in [0.15, 0.2) is 17.3 Å². The highest BCUT2D eigenvalue weighted by Crippen LogP contribution is 2.35. The maximum absolute atomic E-state index is 14.6. The van der Waals surface area contributed by atoms with E-state index < -0.39 is 11.9 Å². The van der Waals surface area contributed by atoms with Crippen LogP contribution >= 0.6 is 0 Å². The van der Waals surface area contributed by atoms with Gasteiger partial charge in [-0.15, -0.1) is 0 Å². The molecule has 0 saturated carbocycles. The second kappa shape index (κ2) is 9.72. The molecule has 194 valence electrons. The molecule has 1 fully saturated rings. The molecule has 2 aliphatic rings. The van der Waals surface area contributed by atoms with Crippen LogP contribution < -0.4 is 19.7 Å². The lowest BCUT2D eigenvalue weighted by Crippen LogP contribution is -2.59. The molecular formula is C26H29FN6O4. The highest BCUT2D eigenvalue weighted by atomic mass is 19.1. The van der Waals surface area contributed by atoms with Crippen molar-refractivity contribution < 1.29 is 23.8 Å². The molecule has 0 aliphatic carbocycles. The van der Waals surface area contributed by atoms with Gasteiger partial charge in [-0.1, -0.05) is 20.8 Å². The maximum atomic E-state index is 14.6. The normalized spacial score (nSPS) is 17.5. The van der Waals surface area contributed by atoms with Crippen LogP contribution in [0.4, 0.5) is 26.6 Å². The SMILES string of the molecule is CC(C)(C)C1CN(c2ccc(Nc3ncc(F)c(-c4ccc5c(c4)OCCO5)n3)nc2)CCN1C(=O)O. The lowest BCUT2D eigenvalue weighted by atomic mass is 9.84. The van der Waals surface area contributed by atoms with Crippen molar-refractivity contribution in [2.45, 2.75) is 26.8 Å². The van der Waals surface area contributed by atoms with Gasteiger partial charge >= 0.3 is 6.09 Å². The molecule has 4 heterocycles. The van der Waals surface area contributed by atoms with Crippen LogP contribution in [0.15, 0.2) is 42.7 Å². The third-order valence-electron chi connectivity index (χ3n) is 6.54. The fourth-order valence-corrected chi connectivity index (χ4v) is 4.57. The minimum Gasteiger partial charge on any atom is -0.486 e. The summed E-state index contributed by atoms with van der Waals surface area (Å²) in [5.74, 6) is 1.31. The number of pyridine rings is 1. The number of carboxylic acid groups (broad SMARTS) is 1. The molecule has 0 spiro atoms. The van der Waals surface area contributed by atoms with Crippen LogP contribution in [-0.4, -0.2) is 69.9 Å². The zero-order valence-electron chi connectivity index (χ0n) is 20.9. The molecule has 1 atom stereocenters. The minimum atomic E-state index is -0.896. The van der Waals surface area contributed by atoms with Crippen LogP contribution in [0.3, 0.4) is 0 Å². The van der Waals surface area contributed by atoms with Crippen LogP contribution in [0.25, 0.3) is 11.3 Å². The monoisotopic (exact) mass is 508 g/mol. The number of amides is 1. The number of anilines is 3. The average Bonchev–Trinajstić information content (AvgIpc) is 2.89. The van der Waals surface area contributed by atoms with Crippen LogP contribution in [-0.2, 0) is 0 Å². The quantitative estimate of drug-likeness (QED) is 0.529. The summed E-state index contributed by atoms with van der Waals surface area (Å²) in [7, 11) is 0. The molecule has 0 radical (unpaired) electrons. The topological polar surface area (TPSA) is 113 Å². The molecule has 10 nitrogen and oxygen atoms in total. The summed E-state index contributed by atoms with van der Waals surface area (Å²) in [5, 5.41) is 12.6. The Morgan fingerprint density at radius 3 is 2.57 bits per heavy atom. The number of aromatic nitrogens is 3. The molecule has 3 aromatic rings. The highest BCUT2D eigenvalue weighted by molar-refractivity contribution is 5.67. The van der Waals surface area contributed by atoms with E-state index in [0.29, 0.717) is 55.7 Å². The molecule has 5 rings (SSSR count). The largest absolute Gasteiger partial charge is 0.486 e. The Balaban J connectivity index is 1.31. The molecule has 2 aliphatic heterocycles. The number of nitrogens with one attached hydrogen (secondary N) is 1. The molecule has 1 saturated heterocycles. The highest BCUT2D eigenvalue weighted by Gasteiger charge is 2.38. The van der Waals surface area contributed by atoms with E-state index in [1.807, 2.05) is 26.8 Å². The Morgan fingerprint density at radius 2 is 1.86 bits per heavy atom. The summed E-state index contributed by atoms with van der Waals surface area (Å²) in [6.45, 7) is 8.62. The minimum absolute atomic E-state index is 0.135. The van der Waals surface area contributed by atoms with E-state index in [0.717, 1.165) is 11.9 Å². The molecule has 2 N–H and O–H groups in total. The van der Waals surface area contributed by atoms with Crippen LogP contribution in [0.5, 0.6) is 11.5 Å². The van der Waals surface area contributed by atoms with Gasteiger partial charge in [-0.3, -0.25) is 0 Å². The van der Waals surface area contributed by atoms with Gasteiger partial charge in [0.1, 0.15) is 24.7 Å². The predicted octanol–water partition coefficient (Wildman–Crippen LogP) is 4.41. The first-order chi connectivity index (χ1) is 17.7. The van der Waals surface area contributed by atoms with Gasteiger partial charge in [0, 0.05) is 25.2 Å². The molecule has 2 aromatic heterocycles. The second-order valence-corrected chi connectivity index (χ2v) is 10.1. The van der Waals surface area contributed by atoms with Crippen molar-refractivity contribution in [3.05, 3.63) is 48.5 Å².